The topological polar surface area (TPSA) is 62.5 Å². The molecule has 1 amide bonds. The number of amides is 1. The van der Waals surface area contributed by atoms with Gasteiger partial charge in [0, 0.05) is 54.2 Å². The number of piperidine rings is 1. The summed E-state index contributed by atoms with van der Waals surface area (Å²) >= 11 is 0. The van der Waals surface area contributed by atoms with Crippen molar-refractivity contribution in [1.82, 2.24) is 14.8 Å². The van der Waals surface area contributed by atoms with Crippen molar-refractivity contribution in [3.8, 4) is 0 Å². The highest BCUT2D eigenvalue weighted by Gasteiger charge is 2.25. The van der Waals surface area contributed by atoms with Gasteiger partial charge in [-0.3, -0.25) is 9.78 Å². The Balaban J connectivity index is 0.000000678. The van der Waals surface area contributed by atoms with Crippen LogP contribution >= 0.6 is 0 Å². The lowest BCUT2D eigenvalue weighted by atomic mass is 10.0. The molecule has 36 heavy (non-hydrogen) atoms. The van der Waals surface area contributed by atoms with E-state index in [9.17, 15) is 4.79 Å². The molecule has 0 bridgehead atoms. The summed E-state index contributed by atoms with van der Waals surface area (Å²) in [4.78, 5) is 21.1. The van der Waals surface area contributed by atoms with Gasteiger partial charge in [0.25, 0.3) is 5.91 Å². The van der Waals surface area contributed by atoms with Crippen LogP contribution in [0.1, 0.15) is 78.5 Å². The minimum Gasteiger partial charge on any atom is -0.337 e. The first-order chi connectivity index (χ1) is 17.1. The summed E-state index contributed by atoms with van der Waals surface area (Å²) in [6.45, 7) is 20.6. The Bertz CT molecular complexity index is 1040. The van der Waals surface area contributed by atoms with E-state index in [-0.39, 0.29) is 11.9 Å². The summed E-state index contributed by atoms with van der Waals surface area (Å²) in [6, 6.07) is 4.09. The largest absolute Gasteiger partial charge is 0.337 e. The fraction of sp³-hybridized carbons (Fsp3) is 0.484. The molecule has 0 spiro atoms. The van der Waals surface area contributed by atoms with Crippen LogP contribution < -0.4 is 5.73 Å². The van der Waals surface area contributed by atoms with Crippen LogP contribution in [-0.4, -0.2) is 39.8 Å². The number of carbonyl (C=O) groups is 1. The number of carbonyl (C=O) groups excluding carboxylic acids is 1. The van der Waals surface area contributed by atoms with Gasteiger partial charge in [-0.15, -0.1) is 0 Å². The minimum atomic E-state index is 0.0312. The van der Waals surface area contributed by atoms with E-state index >= 15 is 0 Å². The highest BCUT2D eigenvalue weighted by molar-refractivity contribution is 5.97. The highest BCUT2D eigenvalue weighted by atomic mass is 16.2. The van der Waals surface area contributed by atoms with Gasteiger partial charge in [-0.25, -0.2) is 0 Å². The molecule has 1 aromatic rings. The summed E-state index contributed by atoms with van der Waals surface area (Å²) in [5.74, 6) is 0.966. The maximum absolute atomic E-state index is 12.9. The molecule has 2 aliphatic heterocycles. The number of nitrogens with zero attached hydrogens (tertiary/aromatic N) is 3. The third-order valence-corrected chi connectivity index (χ3v) is 7.34. The summed E-state index contributed by atoms with van der Waals surface area (Å²) in [6.07, 6.45) is 14.2. The Kier molecular flexibility index (Phi) is 11.4. The molecule has 1 saturated heterocycles. The smallest absolute Gasteiger partial charge is 0.254 e. The molecule has 3 rings (SSSR count). The van der Waals surface area contributed by atoms with Crippen LogP contribution in [0.25, 0.3) is 6.08 Å². The van der Waals surface area contributed by atoms with Crippen LogP contribution in [0.4, 0.5) is 0 Å². The van der Waals surface area contributed by atoms with Gasteiger partial charge in [0.1, 0.15) is 0 Å². The zero-order valence-electron chi connectivity index (χ0n) is 23.5. The van der Waals surface area contributed by atoms with Crippen LogP contribution in [0, 0.1) is 12.8 Å². The summed E-state index contributed by atoms with van der Waals surface area (Å²) in [7, 11) is 0. The lowest BCUT2D eigenvalue weighted by Crippen LogP contribution is -2.46. The zero-order chi connectivity index (χ0) is 26.8. The molecule has 3 heterocycles. The van der Waals surface area contributed by atoms with Gasteiger partial charge in [0.2, 0.25) is 0 Å². The average molecular weight is 491 g/mol. The first-order valence-electron chi connectivity index (χ1n) is 13.3. The second-order valence-corrected chi connectivity index (χ2v) is 10.1. The van der Waals surface area contributed by atoms with Crippen LogP contribution in [0.3, 0.4) is 0 Å². The van der Waals surface area contributed by atoms with Crippen LogP contribution in [0.5, 0.6) is 0 Å². The van der Waals surface area contributed by atoms with Gasteiger partial charge in [0.05, 0.1) is 0 Å². The summed E-state index contributed by atoms with van der Waals surface area (Å²) in [5, 5.41) is 0. The quantitative estimate of drug-likeness (QED) is 0.448. The maximum Gasteiger partial charge on any atom is 0.254 e. The van der Waals surface area contributed by atoms with Gasteiger partial charge in [-0.1, -0.05) is 46.3 Å². The van der Waals surface area contributed by atoms with E-state index < -0.39 is 0 Å². The summed E-state index contributed by atoms with van der Waals surface area (Å²) in [5.41, 5.74) is 13.0. The van der Waals surface area contributed by atoms with Crippen molar-refractivity contribution in [2.75, 3.05) is 13.1 Å². The minimum absolute atomic E-state index is 0.0312. The molecule has 1 aromatic heterocycles. The van der Waals surface area contributed by atoms with E-state index in [1.807, 2.05) is 41.1 Å². The second-order valence-electron chi connectivity index (χ2n) is 10.1. The number of likely N-dealkylation sites (tertiary alicyclic amines) is 1. The van der Waals surface area contributed by atoms with Crippen molar-refractivity contribution in [1.29, 1.82) is 0 Å². The molecule has 0 radical (unpaired) electrons. The zero-order valence-corrected chi connectivity index (χ0v) is 23.5. The molecule has 5 heteroatoms. The third kappa shape index (κ3) is 8.06. The number of nitrogens with two attached hydrogens (primary N) is 1. The Morgan fingerprint density at radius 3 is 2.53 bits per heavy atom. The Hall–Kier alpha value is -2.92. The normalized spacial score (nSPS) is 19.0. The molecule has 0 saturated carbocycles. The number of rotatable bonds is 6. The summed E-state index contributed by atoms with van der Waals surface area (Å²) < 4.78 is 0. The van der Waals surface area contributed by atoms with Crippen molar-refractivity contribution >= 4 is 12.0 Å². The molecule has 1 fully saturated rings. The van der Waals surface area contributed by atoms with E-state index in [1.54, 1.807) is 6.20 Å². The van der Waals surface area contributed by atoms with Gasteiger partial charge < -0.3 is 15.5 Å². The second kappa shape index (κ2) is 14.0. The molecule has 0 aliphatic carbocycles. The van der Waals surface area contributed by atoms with Crippen molar-refractivity contribution in [3.05, 3.63) is 82.6 Å². The number of hydrogen-bond donors (Lipinski definition) is 1. The molecule has 2 aliphatic rings. The Labute approximate surface area is 219 Å². The predicted octanol–water partition coefficient (Wildman–Crippen LogP) is 6.75. The molecular formula is C31H46N4O. The molecule has 196 valence electrons. The number of pyridine rings is 1. The van der Waals surface area contributed by atoms with Gasteiger partial charge in [-0.05, 0) is 87.5 Å². The average Bonchev–Trinajstić information content (AvgIpc) is 2.88. The standard InChI is InChI=1S/C25H32N4O.C6H14/c1-17(14-22-8-6-11-27-20(22)4)19(3)21(5)29-13-10-23(15-18(29)2)25(30)28-12-7-9-24(26)16-28;1-4-6(3)5-2/h6,8,10-11,13-15,24H,2,7,9,12,16,26H2,1,3-5H3;6H,4-5H2,1-3H3/b17-14+,21-19+;. The Morgan fingerprint density at radius 1 is 1.28 bits per heavy atom. The fourth-order valence-corrected chi connectivity index (χ4v) is 4.13. The molecular weight excluding hydrogens is 444 g/mol. The number of aryl methyl sites for hydroxylation is 1. The number of hydrogen-bond acceptors (Lipinski definition) is 4. The van der Waals surface area contributed by atoms with E-state index in [0.29, 0.717) is 12.1 Å². The first-order valence-corrected chi connectivity index (χ1v) is 13.3. The lowest BCUT2D eigenvalue weighted by molar-refractivity contribution is -0.127. The van der Waals surface area contributed by atoms with Crippen LogP contribution in [0.15, 0.2) is 71.4 Å². The van der Waals surface area contributed by atoms with Crippen LogP contribution in [0.2, 0.25) is 0 Å². The fourth-order valence-electron chi connectivity index (χ4n) is 4.13. The Morgan fingerprint density at radius 2 is 1.97 bits per heavy atom. The highest BCUT2D eigenvalue weighted by Crippen LogP contribution is 2.27. The van der Waals surface area contributed by atoms with E-state index in [2.05, 4.69) is 65.2 Å². The van der Waals surface area contributed by atoms with Crippen molar-refractivity contribution in [2.45, 2.75) is 80.2 Å². The SMILES string of the molecule is C=C1C=C(C(=O)N2CCCC(N)C2)C=CN1/C(C)=C(C)/C(C)=C/c1cccnc1C.CCC(C)CC. The molecule has 2 N–H and O–H groups in total. The van der Waals surface area contributed by atoms with Crippen molar-refractivity contribution in [3.63, 3.8) is 0 Å². The van der Waals surface area contributed by atoms with Gasteiger partial charge >= 0.3 is 0 Å². The van der Waals surface area contributed by atoms with E-state index in [0.717, 1.165) is 59.1 Å². The number of aromatic nitrogens is 1. The number of allylic oxidation sites excluding steroid dienone is 4. The maximum atomic E-state index is 12.9. The van der Waals surface area contributed by atoms with Crippen molar-refractivity contribution in [2.24, 2.45) is 11.7 Å². The molecule has 0 aromatic carbocycles. The van der Waals surface area contributed by atoms with Gasteiger partial charge in [-0.2, -0.15) is 0 Å². The van der Waals surface area contributed by atoms with Gasteiger partial charge in [0.15, 0.2) is 0 Å². The van der Waals surface area contributed by atoms with E-state index in [4.69, 9.17) is 5.73 Å². The molecule has 1 atom stereocenters. The van der Waals surface area contributed by atoms with Crippen molar-refractivity contribution < 1.29 is 4.79 Å². The first kappa shape index (κ1) is 29.3. The van der Waals surface area contributed by atoms with E-state index in [1.165, 1.54) is 12.8 Å². The predicted molar refractivity (Wildman–Crippen MR) is 153 cm³/mol. The molecule has 5 nitrogen and oxygen atoms in total. The van der Waals surface area contributed by atoms with Crippen LogP contribution in [-0.2, 0) is 4.79 Å². The monoisotopic (exact) mass is 490 g/mol. The lowest BCUT2D eigenvalue weighted by Gasteiger charge is -2.32. The molecule has 1 unspecified atom stereocenters. The third-order valence-electron chi connectivity index (χ3n) is 7.34.